The van der Waals surface area contributed by atoms with E-state index in [4.69, 9.17) is 0 Å². The Balaban J connectivity index is 1.99. The highest BCUT2D eigenvalue weighted by atomic mass is 79.9. The molecule has 1 aromatic carbocycles. The topological polar surface area (TPSA) is 8.17 Å². The van der Waals surface area contributed by atoms with Crippen molar-refractivity contribution in [2.45, 2.75) is 32.9 Å². The van der Waals surface area contributed by atoms with Crippen molar-refractivity contribution in [3.63, 3.8) is 0 Å². The van der Waals surface area contributed by atoms with Crippen molar-refractivity contribution < 1.29 is 0 Å². The van der Waals surface area contributed by atoms with Gasteiger partial charge in [0.1, 0.15) is 0 Å². The lowest BCUT2D eigenvalue weighted by Gasteiger charge is -2.16. The van der Waals surface area contributed by atoms with Gasteiger partial charge in [0.2, 0.25) is 0 Å². The molecule has 2 aromatic rings. The van der Waals surface area contributed by atoms with Crippen LogP contribution in [0.4, 0.5) is 0 Å². The van der Waals surface area contributed by atoms with Crippen LogP contribution in [-0.4, -0.2) is 22.6 Å². The number of nitrogens with zero attached hydrogens (tertiary/aromatic N) is 2. The van der Waals surface area contributed by atoms with Gasteiger partial charge in [0.05, 0.1) is 0 Å². The minimum Gasteiger partial charge on any atom is -0.344 e. The lowest BCUT2D eigenvalue weighted by atomic mass is 10.2. The molecule has 1 saturated heterocycles. The molecule has 1 aliphatic rings. The number of benzene rings is 1. The number of rotatable bonds is 3. The van der Waals surface area contributed by atoms with Gasteiger partial charge < -0.3 is 4.57 Å². The average molecular weight is 307 g/mol. The van der Waals surface area contributed by atoms with Gasteiger partial charge in [0, 0.05) is 28.8 Å². The fraction of sp³-hybridized carbons (Fsp3) is 0.467. The summed E-state index contributed by atoms with van der Waals surface area (Å²) in [5, 5.41) is 1.36. The number of hydrogen-bond acceptors (Lipinski definition) is 1. The van der Waals surface area contributed by atoms with Gasteiger partial charge >= 0.3 is 0 Å². The predicted octanol–water partition coefficient (Wildman–Crippen LogP) is 4.02. The molecular formula is C15H19BrN2. The summed E-state index contributed by atoms with van der Waals surface area (Å²) in [7, 11) is 0. The number of aromatic nitrogens is 1. The van der Waals surface area contributed by atoms with Gasteiger partial charge in [-0.15, -0.1) is 0 Å². The van der Waals surface area contributed by atoms with Crippen LogP contribution >= 0.6 is 15.9 Å². The Kier molecular flexibility index (Phi) is 3.44. The van der Waals surface area contributed by atoms with Gasteiger partial charge in [-0.05, 0) is 56.4 Å². The Bertz CT molecular complexity index is 553. The molecule has 0 bridgehead atoms. The van der Waals surface area contributed by atoms with Crippen molar-refractivity contribution in [1.82, 2.24) is 9.47 Å². The molecule has 0 saturated carbocycles. The third-order valence-corrected chi connectivity index (χ3v) is 4.35. The quantitative estimate of drug-likeness (QED) is 0.831. The fourth-order valence-corrected chi connectivity index (χ4v) is 3.31. The summed E-state index contributed by atoms with van der Waals surface area (Å²) in [5.41, 5.74) is 2.80. The number of likely N-dealkylation sites (tertiary alicyclic amines) is 1. The lowest BCUT2D eigenvalue weighted by Crippen LogP contribution is -2.20. The van der Waals surface area contributed by atoms with Crippen molar-refractivity contribution >= 4 is 26.8 Å². The van der Waals surface area contributed by atoms with Crippen molar-refractivity contribution in [1.29, 1.82) is 0 Å². The third kappa shape index (κ3) is 2.21. The SMILES string of the molecule is CCn1c(CN2CCCC2)cc2ccc(Br)cc21. The van der Waals surface area contributed by atoms with Crippen molar-refractivity contribution in [2.75, 3.05) is 13.1 Å². The van der Waals surface area contributed by atoms with E-state index in [2.05, 4.69) is 56.6 Å². The van der Waals surface area contributed by atoms with Gasteiger partial charge in [-0.2, -0.15) is 0 Å². The largest absolute Gasteiger partial charge is 0.344 e. The van der Waals surface area contributed by atoms with Crippen LogP contribution in [0.1, 0.15) is 25.5 Å². The highest BCUT2D eigenvalue weighted by Gasteiger charge is 2.15. The maximum atomic E-state index is 3.57. The maximum absolute atomic E-state index is 3.57. The van der Waals surface area contributed by atoms with Crippen LogP contribution in [0.25, 0.3) is 10.9 Å². The molecule has 0 amide bonds. The summed E-state index contributed by atoms with van der Waals surface area (Å²) in [6.45, 7) is 6.89. The first-order valence-corrected chi connectivity index (χ1v) is 7.57. The summed E-state index contributed by atoms with van der Waals surface area (Å²) >= 11 is 3.57. The zero-order valence-electron chi connectivity index (χ0n) is 10.8. The second-order valence-corrected chi connectivity index (χ2v) is 5.98. The van der Waals surface area contributed by atoms with Crippen LogP contribution in [-0.2, 0) is 13.1 Å². The standard InChI is InChI=1S/C15H19BrN2/c1-2-18-14(11-17-7-3-4-8-17)9-12-5-6-13(16)10-15(12)18/h5-6,9-10H,2-4,7-8,11H2,1H3. The first-order valence-electron chi connectivity index (χ1n) is 6.78. The van der Waals surface area contributed by atoms with E-state index in [-0.39, 0.29) is 0 Å². The Morgan fingerprint density at radius 1 is 1.17 bits per heavy atom. The number of fused-ring (bicyclic) bond motifs is 1. The molecule has 2 heterocycles. The summed E-state index contributed by atoms with van der Waals surface area (Å²) in [6, 6.07) is 8.91. The van der Waals surface area contributed by atoms with E-state index in [0.717, 1.165) is 17.6 Å². The third-order valence-electron chi connectivity index (χ3n) is 3.85. The molecule has 0 unspecified atom stereocenters. The maximum Gasteiger partial charge on any atom is 0.0494 e. The van der Waals surface area contributed by atoms with Crippen LogP contribution < -0.4 is 0 Å². The van der Waals surface area contributed by atoms with Crippen LogP contribution in [0.15, 0.2) is 28.7 Å². The Labute approximate surface area is 117 Å². The smallest absolute Gasteiger partial charge is 0.0494 e. The van der Waals surface area contributed by atoms with E-state index >= 15 is 0 Å². The van der Waals surface area contributed by atoms with E-state index < -0.39 is 0 Å². The van der Waals surface area contributed by atoms with Crippen molar-refractivity contribution in [2.24, 2.45) is 0 Å². The molecule has 0 spiro atoms. The van der Waals surface area contributed by atoms with E-state index in [0.29, 0.717) is 0 Å². The first kappa shape index (κ1) is 12.2. The minimum absolute atomic E-state index is 1.04. The lowest BCUT2D eigenvalue weighted by molar-refractivity contribution is 0.322. The Hall–Kier alpha value is -0.800. The number of hydrogen-bond donors (Lipinski definition) is 0. The average Bonchev–Trinajstić information content (AvgIpc) is 2.96. The summed E-state index contributed by atoms with van der Waals surface area (Å²) < 4.78 is 3.61. The molecular weight excluding hydrogens is 288 g/mol. The molecule has 0 aliphatic carbocycles. The molecule has 2 nitrogen and oxygen atoms in total. The highest BCUT2D eigenvalue weighted by Crippen LogP contribution is 2.25. The first-order chi connectivity index (χ1) is 8.78. The van der Waals surface area contributed by atoms with E-state index in [9.17, 15) is 0 Å². The Morgan fingerprint density at radius 2 is 1.94 bits per heavy atom. The number of aryl methyl sites for hydroxylation is 1. The molecule has 3 rings (SSSR count). The molecule has 1 aliphatic heterocycles. The van der Waals surface area contributed by atoms with Gasteiger partial charge in [0.15, 0.2) is 0 Å². The van der Waals surface area contributed by atoms with E-state index in [1.165, 1.54) is 42.5 Å². The minimum atomic E-state index is 1.04. The van der Waals surface area contributed by atoms with Crippen LogP contribution in [0.2, 0.25) is 0 Å². The summed E-state index contributed by atoms with van der Waals surface area (Å²) in [5.74, 6) is 0. The Morgan fingerprint density at radius 3 is 2.67 bits per heavy atom. The molecule has 0 radical (unpaired) electrons. The molecule has 0 atom stereocenters. The highest BCUT2D eigenvalue weighted by molar-refractivity contribution is 9.10. The fourth-order valence-electron chi connectivity index (χ4n) is 2.96. The second kappa shape index (κ2) is 5.06. The van der Waals surface area contributed by atoms with Gasteiger partial charge in [-0.25, -0.2) is 0 Å². The molecule has 1 aromatic heterocycles. The van der Waals surface area contributed by atoms with Crippen LogP contribution in [0.3, 0.4) is 0 Å². The van der Waals surface area contributed by atoms with Gasteiger partial charge in [-0.3, -0.25) is 4.90 Å². The van der Waals surface area contributed by atoms with Crippen molar-refractivity contribution in [3.05, 3.63) is 34.4 Å². The molecule has 0 N–H and O–H groups in total. The van der Waals surface area contributed by atoms with E-state index in [1.807, 2.05) is 0 Å². The predicted molar refractivity (Wildman–Crippen MR) is 79.8 cm³/mol. The normalized spacial score (nSPS) is 16.8. The van der Waals surface area contributed by atoms with E-state index in [1.54, 1.807) is 0 Å². The molecule has 18 heavy (non-hydrogen) atoms. The van der Waals surface area contributed by atoms with Crippen molar-refractivity contribution in [3.8, 4) is 0 Å². The number of halogens is 1. The van der Waals surface area contributed by atoms with Crippen LogP contribution in [0.5, 0.6) is 0 Å². The molecule has 96 valence electrons. The molecule has 1 fully saturated rings. The summed E-state index contributed by atoms with van der Waals surface area (Å²) in [4.78, 5) is 2.56. The zero-order chi connectivity index (χ0) is 12.5. The summed E-state index contributed by atoms with van der Waals surface area (Å²) in [6.07, 6.45) is 2.72. The van der Waals surface area contributed by atoms with Gasteiger partial charge in [0.25, 0.3) is 0 Å². The molecule has 3 heteroatoms. The monoisotopic (exact) mass is 306 g/mol. The van der Waals surface area contributed by atoms with Crippen LogP contribution in [0, 0.1) is 0 Å². The van der Waals surface area contributed by atoms with Gasteiger partial charge in [-0.1, -0.05) is 22.0 Å². The second-order valence-electron chi connectivity index (χ2n) is 5.07. The zero-order valence-corrected chi connectivity index (χ0v) is 12.4.